The van der Waals surface area contributed by atoms with Crippen molar-refractivity contribution in [3.8, 4) is 5.75 Å². The maximum absolute atomic E-state index is 12.8. The Morgan fingerprint density at radius 1 is 1.11 bits per heavy atom. The number of aliphatic hydroxyl groups excluding tert-OH is 1. The van der Waals surface area contributed by atoms with Crippen molar-refractivity contribution in [2.75, 3.05) is 0 Å². The van der Waals surface area contributed by atoms with Crippen LogP contribution < -0.4 is 0 Å². The zero-order chi connectivity index (χ0) is 20.9. The van der Waals surface area contributed by atoms with E-state index in [4.69, 9.17) is 4.74 Å². The van der Waals surface area contributed by atoms with Crippen LogP contribution in [0.1, 0.15) is 63.7 Å². The van der Waals surface area contributed by atoms with Gasteiger partial charge in [0.25, 0.3) is 0 Å². The van der Waals surface area contributed by atoms with Crippen molar-refractivity contribution in [1.82, 2.24) is 0 Å². The molecule has 1 aromatic rings. The fraction of sp³-hybridized carbons (Fsp3) is 0.682. The first kappa shape index (κ1) is 21.1. The Balaban J connectivity index is 1.99. The van der Waals surface area contributed by atoms with Crippen LogP contribution in [0.15, 0.2) is 24.3 Å². The maximum Gasteiger partial charge on any atom is 0.338 e. The molecule has 0 aliphatic heterocycles. The maximum atomic E-state index is 12.8. The van der Waals surface area contributed by atoms with Crippen LogP contribution in [0.2, 0.25) is 0 Å². The number of esters is 1. The third kappa shape index (κ3) is 3.53. The number of phenols is 1. The van der Waals surface area contributed by atoms with Gasteiger partial charge >= 0.3 is 5.97 Å². The van der Waals surface area contributed by atoms with E-state index < -0.39 is 40.7 Å². The first-order valence-corrected chi connectivity index (χ1v) is 10.0. The first-order chi connectivity index (χ1) is 12.9. The molecule has 6 nitrogen and oxygen atoms in total. The highest BCUT2D eigenvalue weighted by molar-refractivity contribution is 5.89. The van der Waals surface area contributed by atoms with Crippen molar-refractivity contribution in [1.29, 1.82) is 0 Å². The van der Waals surface area contributed by atoms with Gasteiger partial charge in [-0.1, -0.05) is 20.8 Å². The monoisotopic (exact) mass is 392 g/mol. The molecule has 6 atom stereocenters. The Bertz CT molecular complexity index is 727. The van der Waals surface area contributed by atoms with Gasteiger partial charge in [0.15, 0.2) is 0 Å². The quantitative estimate of drug-likeness (QED) is 0.589. The smallest absolute Gasteiger partial charge is 0.338 e. The molecule has 0 bridgehead atoms. The van der Waals surface area contributed by atoms with Gasteiger partial charge in [-0.05, 0) is 61.8 Å². The second kappa shape index (κ2) is 7.01. The van der Waals surface area contributed by atoms with Crippen molar-refractivity contribution in [3.05, 3.63) is 29.8 Å². The molecule has 0 unspecified atom stereocenters. The van der Waals surface area contributed by atoms with Crippen LogP contribution in [-0.4, -0.2) is 49.8 Å². The summed E-state index contributed by atoms with van der Waals surface area (Å²) in [5.74, 6) is -0.980. The summed E-state index contributed by atoms with van der Waals surface area (Å²) in [5, 5.41) is 42.4. The van der Waals surface area contributed by atoms with Gasteiger partial charge in [0, 0.05) is 12.3 Å². The molecule has 2 fully saturated rings. The van der Waals surface area contributed by atoms with Gasteiger partial charge in [-0.3, -0.25) is 0 Å². The van der Waals surface area contributed by atoms with Gasteiger partial charge in [-0.2, -0.15) is 0 Å². The van der Waals surface area contributed by atoms with Gasteiger partial charge < -0.3 is 25.2 Å². The lowest BCUT2D eigenvalue weighted by Gasteiger charge is -2.43. The lowest BCUT2D eigenvalue weighted by Crippen LogP contribution is -2.51. The van der Waals surface area contributed by atoms with Crippen LogP contribution in [0.4, 0.5) is 0 Å². The molecule has 0 radical (unpaired) electrons. The molecule has 0 heterocycles. The van der Waals surface area contributed by atoms with Crippen molar-refractivity contribution < 1.29 is 30.0 Å². The summed E-state index contributed by atoms with van der Waals surface area (Å²) in [6, 6.07) is 5.77. The zero-order valence-corrected chi connectivity index (χ0v) is 17.1. The lowest BCUT2D eigenvalue weighted by atomic mass is 9.67. The van der Waals surface area contributed by atoms with E-state index in [1.807, 2.05) is 20.8 Å². The number of fused-ring (bicyclic) bond motifs is 1. The Morgan fingerprint density at radius 3 is 2.29 bits per heavy atom. The number of ether oxygens (including phenoxy) is 1. The van der Waals surface area contributed by atoms with Crippen molar-refractivity contribution in [2.24, 2.45) is 17.3 Å². The molecule has 4 N–H and O–H groups in total. The zero-order valence-electron chi connectivity index (χ0n) is 17.1. The molecule has 3 rings (SSSR count). The molecule has 2 aliphatic carbocycles. The van der Waals surface area contributed by atoms with Gasteiger partial charge in [0.2, 0.25) is 0 Å². The molecular formula is C22H32O6. The summed E-state index contributed by atoms with van der Waals surface area (Å²) in [5.41, 5.74) is -2.64. The third-order valence-electron chi connectivity index (χ3n) is 7.11. The summed E-state index contributed by atoms with van der Waals surface area (Å²) in [7, 11) is 0. The molecular weight excluding hydrogens is 360 g/mol. The predicted octanol–water partition coefficient (Wildman–Crippen LogP) is 2.63. The van der Waals surface area contributed by atoms with E-state index in [0.29, 0.717) is 19.3 Å². The second-order valence-corrected chi connectivity index (χ2v) is 9.55. The van der Waals surface area contributed by atoms with Gasteiger partial charge in [-0.25, -0.2) is 4.79 Å². The summed E-state index contributed by atoms with van der Waals surface area (Å²) < 4.78 is 5.85. The van der Waals surface area contributed by atoms with Crippen LogP contribution in [0.25, 0.3) is 0 Å². The minimum absolute atomic E-state index is 0.0489. The number of aliphatic hydroxyl groups is 3. The highest BCUT2D eigenvalue weighted by Gasteiger charge is 2.62. The molecule has 28 heavy (non-hydrogen) atoms. The Kier molecular flexibility index (Phi) is 5.28. The normalized spacial score (nSPS) is 40.8. The average molecular weight is 392 g/mol. The summed E-state index contributed by atoms with van der Waals surface area (Å²) in [6.45, 7) is 7.45. The van der Waals surface area contributed by atoms with Crippen LogP contribution in [0.5, 0.6) is 5.75 Å². The Morgan fingerprint density at radius 2 is 1.71 bits per heavy atom. The molecule has 0 saturated heterocycles. The predicted molar refractivity (Wildman–Crippen MR) is 104 cm³/mol. The summed E-state index contributed by atoms with van der Waals surface area (Å²) >= 11 is 0. The molecule has 6 heteroatoms. The van der Waals surface area contributed by atoms with Crippen LogP contribution in [-0.2, 0) is 4.74 Å². The number of carbonyl (C=O) groups excluding carboxylic acids is 1. The van der Waals surface area contributed by atoms with E-state index >= 15 is 0 Å². The molecule has 2 aliphatic rings. The number of phenolic OH excluding ortho intramolecular Hbond substituents is 1. The fourth-order valence-corrected chi connectivity index (χ4v) is 5.28. The number of benzene rings is 1. The number of rotatable bonds is 3. The van der Waals surface area contributed by atoms with Crippen LogP contribution in [0, 0.1) is 17.3 Å². The number of hydrogen-bond acceptors (Lipinski definition) is 6. The summed E-state index contributed by atoms with van der Waals surface area (Å²) in [4.78, 5) is 12.8. The van der Waals surface area contributed by atoms with Crippen molar-refractivity contribution in [3.63, 3.8) is 0 Å². The largest absolute Gasteiger partial charge is 0.508 e. The first-order valence-electron chi connectivity index (χ1n) is 10.0. The Labute approximate surface area is 166 Å². The highest BCUT2D eigenvalue weighted by Crippen LogP contribution is 2.59. The number of carbonyl (C=O) groups is 1. The van der Waals surface area contributed by atoms with Crippen LogP contribution in [0.3, 0.4) is 0 Å². The van der Waals surface area contributed by atoms with Crippen molar-refractivity contribution >= 4 is 5.97 Å². The number of hydrogen-bond donors (Lipinski definition) is 4. The molecule has 2 saturated carbocycles. The van der Waals surface area contributed by atoms with E-state index in [-0.39, 0.29) is 23.7 Å². The minimum atomic E-state index is -1.43. The molecule has 0 amide bonds. The lowest BCUT2D eigenvalue weighted by molar-refractivity contribution is -0.121. The molecule has 0 spiro atoms. The van der Waals surface area contributed by atoms with Gasteiger partial charge in [0.05, 0.1) is 22.9 Å². The minimum Gasteiger partial charge on any atom is -0.508 e. The van der Waals surface area contributed by atoms with Crippen molar-refractivity contribution in [2.45, 2.75) is 76.8 Å². The van der Waals surface area contributed by atoms with E-state index in [9.17, 15) is 25.2 Å². The topological polar surface area (TPSA) is 107 Å². The standard InChI is InChI=1S/C22H32O6/c1-13(2)22(27)10-9-20(3)12-17(24)21(4,26)11-16(18(20)22)28-19(25)14-5-7-15(23)8-6-14/h5-8,13,16-18,23-24,26-27H,9-12H2,1-4H3/t16-,17+,18+,20+,21+,22+/m0/s1. The highest BCUT2D eigenvalue weighted by atomic mass is 16.5. The molecule has 0 aromatic heterocycles. The number of aromatic hydroxyl groups is 1. The van der Waals surface area contributed by atoms with E-state index in [0.717, 1.165) is 0 Å². The van der Waals surface area contributed by atoms with E-state index in [2.05, 4.69) is 0 Å². The molecule has 156 valence electrons. The van der Waals surface area contributed by atoms with Gasteiger partial charge in [0.1, 0.15) is 11.9 Å². The summed E-state index contributed by atoms with van der Waals surface area (Å²) in [6.07, 6.45) is -0.0683. The Hall–Kier alpha value is -1.63. The second-order valence-electron chi connectivity index (χ2n) is 9.55. The van der Waals surface area contributed by atoms with E-state index in [1.54, 1.807) is 6.92 Å². The molecule has 1 aromatic carbocycles. The SMILES string of the molecule is CC(C)[C@]1(O)CC[C@]2(C)C[C@@H](O)[C@](C)(O)C[C@H](OC(=O)c3ccc(O)cc3)[C@H]21. The third-order valence-corrected chi connectivity index (χ3v) is 7.11. The van der Waals surface area contributed by atoms with E-state index in [1.165, 1.54) is 24.3 Å². The fourth-order valence-electron chi connectivity index (χ4n) is 5.28. The van der Waals surface area contributed by atoms with Crippen LogP contribution >= 0.6 is 0 Å². The average Bonchev–Trinajstić information content (AvgIpc) is 2.82. The van der Waals surface area contributed by atoms with Gasteiger partial charge in [-0.15, -0.1) is 0 Å².